The fraction of sp³-hybridized carbons (Fsp3) is 0.429. The molecule has 0 fully saturated rings. The summed E-state index contributed by atoms with van der Waals surface area (Å²) >= 11 is 0. The number of hydrogen-bond donors (Lipinski definition) is 2. The van der Waals surface area contributed by atoms with Crippen molar-refractivity contribution in [1.82, 2.24) is 9.97 Å². The van der Waals surface area contributed by atoms with Crippen LogP contribution in [0.15, 0.2) is 23.3 Å². The molecule has 1 aromatic carbocycles. The minimum atomic E-state index is -0.214. The van der Waals surface area contributed by atoms with Crippen LogP contribution in [-0.4, -0.2) is 29.8 Å². The highest BCUT2D eigenvalue weighted by Gasteiger charge is 2.07. The maximum Gasteiger partial charge on any atom is 0.258 e. The van der Waals surface area contributed by atoms with Gasteiger partial charge >= 0.3 is 0 Å². The second-order valence-electron chi connectivity index (χ2n) is 4.96. The van der Waals surface area contributed by atoms with Crippen LogP contribution in [0, 0.1) is 5.92 Å². The number of nitrogen functional groups attached to an aromatic ring is 1. The summed E-state index contributed by atoms with van der Waals surface area (Å²) in [6.45, 7) is 5.79. The van der Waals surface area contributed by atoms with Crippen molar-refractivity contribution in [1.29, 1.82) is 0 Å². The fourth-order valence-electron chi connectivity index (χ4n) is 1.77. The number of aromatic nitrogens is 2. The van der Waals surface area contributed by atoms with E-state index in [9.17, 15) is 4.79 Å². The highest BCUT2D eigenvalue weighted by molar-refractivity contribution is 5.84. The lowest BCUT2D eigenvalue weighted by atomic mass is 10.2. The Labute approximate surface area is 116 Å². The first-order chi connectivity index (χ1) is 9.58. The summed E-state index contributed by atoms with van der Waals surface area (Å²) < 4.78 is 11.0. The maximum absolute atomic E-state index is 11.6. The standard InChI is InChI=1S/C14H19N3O3/c1-9(2)7-19-3-4-20-13-6-12-10(5-11(13)15)14(18)17-8-16-12/h5-6,8-9H,3-4,7,15H2,1-2H3,(H,16,17,18). The molecule has 0 bridgehead atoms. The van der Waals surface area contributed by atoms with Crippen LogP contribution in [0.1, 0.15) is 13.8 Å². The van der Waals surface area contributed by atoms with Crippen LogP contribution in [0.5, 0.6) is 5.75 Å². The Morgan fingerprint density at radius 2 is 2.15 bits per heavy atom. The zero-order valence-electron chi connectivity index (χ0n) is 11.7. The van der Waals surface area contributed by atoms with Crippen LogP contribution in [-0.2, 0) is 4.74 Å². The molecule has 3 N–H and O–H groups in total. The number of H-pyrrole nitrogens is 1. The van der Waals surface area contributed by atoms with Crippen molar-refractivity contribution in [2.24, 2.45) is 5.92 Å². The van der Waals surface area contributed by atoms with E-state index >= 15 is 0 Å². The summed E-state index contributed by atoms with van der Waals surface area (Å²) in [4.78, 5) is 18.2. The van der Waals surface area contributed by atoms with E-state index in [1.165, 1.54) is 6.33 Å². The Morgan fingerprint density at radius 3 is 2.90 bits per heavy atom. The number of benzene rings is 1. The monoisotopic (exact) mass is 277 g/mol. The summed E-state index contributed by atoms with van der Waals surface area (Å²) in [5.41, 5.74) is 6.63. The molecule has 0 spiro atoms. The second-order valence-corrected chi connectivity index (χ2v) is 4.96. The van der Waals surface area contributed by atoms with Crippen molar-refractivity contribution in [3.8, 4) is 5.75 Å². The Bertz CT molecular complexity index is 637. The van der Waals surface area contributed by atoms with Gasteiger partial charge in [0.1, 0.15) is 12.4 Å². The average molecular weight is 277 g/mol. The van der Waals surface area contributed by atoms with E-state index in [2.05, 4.69) is 23.8 Å². The molecule has 0 aliphatic heterocycles. The zero-order valence-corrected chi connectivity index (χ0v) is 11.7. The van der Waals surface area contributed by atoms with Gasteiger partial charge in [0, 0.05) is 12.7 Å². The van der Waals surface area contributed by atoms with Gasteiger partial charge in [-0.25, -0.2) is 4.98 Å². The number of nitrogens with zero attached hydrogens (tertiary/aromatic N) is 1. The third-order valence-corrected chi connectivity index (χ3v) is 2.71. The highest BCUT2D eigenvalue weighted by Crippen LogP contribution is 2.25. The number of nitrogens with two attached hydrogens (primary N) is 1. The van der Waals surface area contributed by atoms with Gasteiger partial charge in [-0.1, -0.05) is 13.8 Å². The minimum Gasteiger partial charge on any atom is -0.489 e. The molecule has 6 nitrogen and oxygen atoms in total. The normalized spacial score (nSPS) is 11.2. The largest absolute Gasteiger partial charge is 0.489 e. The summed E-state index contributed by atoms with van der Waals surface area (Å²) in [5, 5.41) is 0.452. The number of fused-ring (bicyclic) bond motifs is 1. The van der Waals surface area contributed by atoms with E-state index in [-0.39, 0.29) is 5.56 Å². The minimum absolute atomic E-state index is 0.214. The van der Waals surface area contributed by atoms with Crippen LogP contribution in [0.25, 0.3) is 10.9 Å². The van der Waals surface area contributed by atoms with Gasteiger partial charge in [0.15, 0.2) is 0 Å². The molecule has 0 radical (unpaired) electrons. The van der Waals surface area contributed by atoms with Gasteiger partial charge in [-0.05, 0) is 12.0 Å². The molecule has 0 amide bonds. The number of aromatic amines is 1. The fourth-order valence-corrected chi connectivity index (χ4v) is 1.77. The van der Waals surface area contributed by atoms with E-state index in [0.29, 0.717) is 48.1 Å². The van der Waals surface area contributed by atoms with Gasteiger partial charge in [0.25, 0.3) is 5.56 Å². The van der Waals surface area contributed by atoms with Gasteiger partial charge in [-0.3, -0.25) is 4.79 Å². The number of rotatable bonds is 6. The van der Waals surface area contributed by atoms with E-state index < -0.39 is 0 Å². The predicted molar refractivity (Wildman–Crippen MR) is 77.9 cm³/mol. The molecule has 20 heavy (non-hydrogen) atoms. The van der Waals surface area contributed by atoms with E-state index in [4.69, 9.17) is 15.2 Å². The lowest BCUT2D eigenvalue weighted by Gasteiger charge is -2.11. The van der Waals surface area contributed by atoms with Crippen LogP contribution in [0.2, 0.25) is 0 Å². The molecule has 0 aliphatic carbocycles. The molecule has 2 aromatic rings. The van der Waals surface area contributed by atoms with E-state index in [1.54, 1.807) is 12.1 Å². The molecular formula is C14H19N3O3. The molecule has 0 aliphatic rings. The van der Waals surface area contributed by atoms with Crippen molar-refractivity contribution in [3.05, 3.63) is 28.8 Å². The summed E-state index contributed by atoms with van der Waals surface area (Å²) in [6.07, 6.45) is 1.36. The Balaban J connectivity index is 2.03. The Hall–Kier alpha value is -2.08. The van der Waals surface area contributed by atoms with Crippen molar-refractivity contribution in [3.63, 3.8) is 0 Å². The first-order valence-electron chi connectivity index (χ1n) is 6.55. The molecule has 108 valence electrons. The molecular weight excluding hydrogens is 258 g/mol. The number of nitrogens with one attached hydrogen (secondary N) is 1. The SMILES string of the molecule is CC(C)COCCOc1cc2nc[nH]c(=O)c2cc1N. The Morgan fingerprint density at radius 1 is 1.35 bits per heavy atom. The van der Waals surface area contributed by atoms with Crippen molar-refractivity contribution in [2.75, 3.05) is 25.6 Å². The number of ether oxygens (including phenoxy) is 2. The molecule has 1 aromatic heterocycles. The summed E-state index contributed by atoms with van der Waals surface area (Å²) in [7, 11) is 0. The smallest absolute Gasteiger partial charge is 0.258 e. The molecule has 0 atom stereocenters. The summed E-state index contributed by atoms with van der Waals surface area (Å²) in [5.74, 6) is 1.01. The van der Waals surface area contributed by atoms with Gasteiger partial charge in [0.2, 0.25) is 0 Å². The predicted octanol–water partition coefficient (Wildman–Crippen LogP) is 1.56. The Kier molecular flexibility index (Phi) is 4.57. The van der Waals surface area contributed by atoms with Crippen molar-refractivity contribution >= 4 is 16.6 Å². The van der Waals surface area contributed by atoms with E-state index in [0.717, 1.165) is 0 Å². The third-order valence-electron chi connectivity index (χ3n) is 2.71. The average Bonchev–Trinajstić information content (AvgIpc) is 2.40. The molecule has 0 saturated heterocycles. The summed E-state index contributed by atoms with van der Waals surface area (Å²) in [6, 6.07) is 3.24. The molecule has 0 unspecified atom stereocenters. The first-order valence-corrected chi connectivity index (χ1v) is 6.55. The highest BCUT2D eigenvalue weighted by atomic mass is 16.5. The van der Waals surface area contributed by atoms with Crippen LogP contribution >= 0.6 is 0 Å². The van der Waals surface area contributed by atoms with Crippen molar-refractivity contribution < 1.29 is 9.47 Å². The lowest BCUT2D eigenvalue weighted by molar-refractivity contribution is 0.0821. The third kappa shape index (κ3) is 3.48. The van der Waals surface area contributed by atoms with Crippen LogP contribution in [0.3, 0.4) is 0 Å². The molecule has 1 heterocycles. The van der Waals surface area contributed by atoms with Gasteiger partial charge in [-0.15, -0.1) is 0 Å². The number of anilines is 1. The van der Waals surface area contributed by atoms with Crippen LogP contribution < -0.4 is 16.0 Å². The first kappa shape index (κ1) is 14.3. The molecule has 0 saturated carbocycles. The van der Waals surface area contributed by atoms with Crippen LogP contribution in [0.4, 0.5) is 5.69 Å². The van der Waals surface area contributed by atoms with Crippen molar-refractivity contribution in [2.45, 2.75) is 13.8 Å². The topological polar surface area (TPSA) is 90.2 Å². The molecule has 2 rings (SSSR count). The lowest BCUT2D eigenvalue weighted by Crippen LogP contribution is -2.12. The van der Waals surface area contributed by atoms with Gasteiger partial charge < -0.3 is 20.2 Å². The second kappa shape index (κ2) is 6.38. The molecule has 6 heteroatoms. The van der Waals surface area contributed by atoms with Gasteiger partial charge in [0.05, 0.1) is 29.5 Å². The maximum atomic E-state index is 11.6. The number of hydrogen-bond acceptors (Lipinski definition) is 5. The zero-order chi connectivity index (χ0) is 14.5. The van der Waals surface area contributed by atoms with Gasteiger partial charge in [-0.2, -0.15) is 0 Å². The van der Waals surface area contributed by atoms with E-state index in [1.807, 2.05) is 0 Å². The quantitative estimate of drug-likeness (QED) is 0.617.